The standard InChI is InChI=1S/C13H10N2O2/c14-13-15-12(16)11(17-13)10-7-3-5-8-4-1-2-6-9(8)10/h1-7,11H,(H2,14,15,16). The van der Waals surface area contributed by atoms with E-state index in [1.807, 2.05) is 42.5 Å². The maximum absolute atomic E-state index is 11.6. The molecule has 4 nitrogen and oxygen atoms in total. The van der Waals surface area contributed by atoms with Gasteiger partial charge in [0.2, 0.25) is 6.10 Å². The number of ether oxygens (including phenoxy) is 1. The smallest absolute Gasteiger partial charge is 0.296 e. The minimum atomic E-state index is -0.707. The molecule has 0 saturated heterocycles. The zero-order valence-corrected chi connectivity index (χ0v) is 8.96. The summed E-state index contributed by atoms with van der Waals surface area (Å²) in [6, 6.07) is 13.5. The Morgan fingerprint density at radius 2 is 1.88 bits per heavy atom. The highest BCUT2D eigenvalue weighted by Gasteiger charge is 2.30. The van der Waals surface area contributed by atoms with Crippen LogP contribution in [0.15, 0.2) is 47.5 Å². The summed E-state index contributed by atoms with van der Waals surface area (Å²) < 4.78 is 5.25. The van der Waals surface area contributed by atoms with Gasteiger partial charge in [0.1, 0.15) is 0 Å². The van der Waals surface area contributed by atoms with E-state index in [2.05, 4.69) is 4.99 Å². The third-order valence-corrected chi connectivity index (χ3v) is 2.79. The molecule has 1 atom stereocenters. The molecule has 84 valence electrons. The van der Waals surface area contributed by atoms with Gasteiger partial charge in [0.15, 0.2) is 0 Å². The Morgan fingerprint density at radius 1 is 1.12 bits per heavy atom. The van der Waals surface area contributed by atoms with E-state index in [0.29, 0.717) is 0 Å². The van der Waals surface area contributed by atoms with E-state index in [0.717, 1.165) is 16.3 Å². The Balaban J connectivity index is 2.16. The van der Waals surface area contributed by atoms with Gasteiger partial charge in [0.05, 0.1) is 0 Å². The fourth-order valence-electron chi connectivity index (χ4n) is 2.04. The fourth-order valence-corrected chi connectivity index (χ4v) is 2.04. The molecule has 0 fully saturated rings. The zero-order valence-electron chi connectivity index (χ0n) is 8.96. The molecule has 1 aliphatic heterocycles. The summed E-state index contributed by atoms with van der Waals surface area (Å²) in [5, 5.41) is 2.05. The normalized spacial score (nSPS) is 19.2. The molecule has 2 aromatic rings. The predicted molar refractivity (Wildman–Crippen MR) is 64.4 cm³/mol. The number of hydrogen-bond donors (Lipinski definition) is 1. The third-order valence-electron chi connectivity index (χ3n) is 2.79. The predicted octanol–water partition coefficient (Wildman–Crippen LogP) is 1.75. The van der Waals surface area contributed by atoms with Crippen LogP contribution in [0.1, 0.15) is 11.7 Å². The molecule has 2 N–H and O–H groups in total. The van der Waals surface area contributed by atoms with Crippen molar-refractivity contribution < 1.29 is 9.53 Å². The van der Waals surface area contributed by atoms with Gasteiger partial charge in [0.25, 0.3) is 11.9 Å². The van der Waals surface area contributed by atoms with Crippen molar-refractivity contribution in [3.8, 4) is 0 Å². The van der Waals surface area contributed by atoms with E-state index in [4.69, 9.17) is 10.5 Å². The molecule has 0 bridgehead atoms. The minimum Gasteiger partial charge on any atom is -0.447 e. The van der Waals surface area contributed by atoms with Crippen molar-refractivity contribution in [3.05, 3.63) is 48.0 Å². The number of nitrogens with two attached hydrogens (primary N) is 1. The monoisotopic (exact) mass is 226 g/mol. The molecule has 1 heterocycles. The Morgan fingerprint density at radius 3 is 2.65 bits per heavy atom. The number of carbonyl (C=O) groups excluding carboxylic acids is 1. The molecule has 4 heteroatoms. The lowest BCUT2D eigenvalue weighted by molar-refractivity contribution is -0.122. The molecule has 1 aliphatic rings. The van der Waals surface area contributed by atoms with E-state index in [1.165, 1.54) is 0 Å². The second-order valence-electron chi connectivity index (χ2n) is 3.85. The molecule has 2 aromatic carbocycles. The van der Waals surface area contributed by atoms with E-state index in [1.54, 1.807) is 0 Å². The first-order valence-electron chi connectivity index (χ1n) is 5.28. The number of aliphatic imine (C=N–C) groups is 1. The van der Waals surface area contributed by atoms with Crippen LogP contribution in [-0.4, -0.2) is 11.9 Å². The maximum Gasteiger partial charge on any atom is 0.296 e. The van der Waals surface area contributed by atoms with E-state index in [9.17, 15) is 4.79 Å². The van der Waals surface area contributed by atoms with Gasteiger partial charge in [-0.05, 0) is 10.8 Å². The van der Waals surface area contributed by atoms with Gasteiger partial charge in [-0.2, -0.15) is 4.99 Å². The molecular formula is C13H10N2O2. The number of rotatable bonds is 1. The molecule has 3 rings (SSSR count). The van der Waals surface area contributed by atoms with Gasteiger partial charge in [0, 0.05) is 5.56 Å². The van der Waals surface area contributed by atoms with Gasteiger partial charge in [-0.3, -0.25) is 4.79 Å². The Hall–Kier alpha value is -2.36. The number of fused-ring (bicyclic) bond motifs is 1. The highest BCUT2D eigenvalue weighted by molar-refractivity contribution is 6.01. The summed E-state index contributed by atoms with van der Waals surface area (Å²) in [5.74, 6) is -0.348. The van der Waals surface area contributed by atoms with E-state index < -0.39 is 6.10 Å². The van der Waals surface area contributed by atoms with Crippen molar-refractivity contribution in [1.29, 1.82) is 0 Å². The Kier molecular flexibility index (Phi) is 2.08. The van der Waals surface area contributed by atoms with Crippen LogP contribution in [0.4, 0.5) is 0 Å². The number of nitrogens with zero attached hydrogens (tertiary/aromatic N) is 1. The van der Waals surface area contributed by atoms with Crippen LogP contribution in [0.5, 0.6) is 0 Å². The highest BCUT2D eigenvalue weighted by atomic mass is 16.5. The second kappa shape index (κ2) is 3.59. The summed E-state index contributed by atoms with van der Waals surface area (Å²) in [7, 11) is 0. The average Bonchev–Trinajstić information content (AvgIpc) is 2.68. The van der Waals surface area contributed by atoms with Crippen molar-refractivity contribution in [2.75, 3.05) is 0 Å². The molecule has 1 unspecified atom stereocenters. The Bertz CT molecular complexity index is 629. The topological polar surface area (TPSA) is 64.7 Å². The van der Waals surface area contributed by atoms with Crippen molar-refractivity contribution in [3.63, 3.8) is 0 Å². The van der Waals surface area contributed by atoms with Crippen molar-refractivity contribution >= 4 is 22.7 Å². The molecule has 0 saturated carbocycles. The molecule has 0 aliphatic carbocycles. The lowest BCUT2D eigenvalue weighted by Crippen LogP contribution is -2.14. The minimum absolute atomic E-state index is 0.0621. The first kappa shape index (κ1) is 9.84. The summed E-state index contributed by atoms with van der Waals surface area (Å²) >= 11 is 0. The molecule has 0 spiro atoms. The number of amides is 1. The average molecular weight is 226 g/mol. The summed E-state index contributed by atoms with van der Waals surface area (Å²) in [4.78, 5) is 15.2. The number of carbonyl (C=O) groups is 1. The number of hydrogen-bond acceptors (Lipinski definition) is 3. The summed E-state index contributed by atoms with van der Waals surface area (Å²) in [6.45, 7) is 0. The maximum atomic E-state index is 11.6. The lowest BCUT2D eigenvalue weighted by Gasteiger charge is -2.11. The zero-order chi connectivity index (χ0) is 11.8. The highest BCUT2D eigenvalue weighted by Crippen LogP contribution is 2.29. The van der Waals surface area contributed by atoms with Gasteiger partial charge in [-0.15, -0.1) is 0 Å². The van der Waals surface area contributed by atoms with Crippen molar-refractivity contribution in [2.45, 2.75) is 6.10 Å². The van der Waals surface area contributed by atoms with E-state index >= 15 is 0 Å². The van der Waals surface area contributed by atoms with Crippen LogP contribution in [0, 0.1) is 0 Å². The van der Waals surface area contributed by atoms with Crippen LogP contribution in [-0.2, 0) is 9.53 Å². The molecular weight excluding hydrogens is 216 g/mol. The molecule has 1 amide bonds. The quantitative estimate of drug-likeness (QED) is 0.805. The second-order valence-corrected chi connectivity index (χ2v) is 3.85. The SMILES string of the molecule is NC1=NC(=O)C(c2cccc3ccccc23)O1. The molecule has 0 radical (unpaired) electrons. The molecule has 17 heavy (non-hydrogen) atoms. The largest absolute Gasteiger partial charge is 0.447 e. The van der Waals surface area contributed by atoms with E-state index in [-0.39, 0.29) is 11.9 Å². The van der Waals surface area contributed by atoms with Crippen LogP contribution < -0.4 is 5.73 Å². The number of amidine groups is 1. The van der Waals surface area contributed by atoms with Crippen molar-refractivity contribution in [1.82, 2.24) is 0 Å². The molecule has 0 aromatic heterocycles. The van der Waals surface area contributed by atoms with Gasteiger partial charge in [-0.25, -0.2) is 0 Å². The number of benzene rings is 2. The van der Waals surface area contributed by atoms with Gasteiger partial charge >= 0.3 is 0 Å². The summed E-state index contributed by atoms with van der Waals surface area (Å²) in [6.07, 6.45) is -0.707. The van der Waals surface area contributed by atoms with Crippen LogP contribution in [0.25, 0.3) is 10.8 Å². The third kappa shape index (κ3) is 1.54. The van der Waals surface area contributed by atoms with Gasteiger partial charge in [-0.1, -0.05) is 42.5 Å². The lowest BCUT2D eigenvalue weighted by atomic mass is 10.0. The van der Waals surface area contributed by atoms with Crippen LogP contribution >= 0.6 is 0 Å². The first-order chi connectivity index (χ1) is 8.25. The van der Waals surface area contributed by atoms with Crippen LogP contribution in [0.3, 0.4) is 0 Å². The van der Waals surface area contributed by atoms with Gasteiger partial charge < -0.3 is 10.5 Å². The fraction of sp³-hybridized carbons (Fsp3) is 0.0769. The Labute approximate surface area is 97.7 Å². The summed E-state index contributed by atoms with van der Waals surface area (Å²) in [5.41, 5.74) is 6.21. The van der Waals surface area contributed by atoms with Crippen molar-refractivity contribution in [2.24, 2.45) is 10.7 Å². The van der Waals surface area contributed by atoms with Crippen LogP contribution in [0.2, 0.25) is 0 Å². The first-order valence-corrected chi connectivity index (χ1v) is 5.28.